The molecule has 0 spiro atoms. The first-order valence-corrected chi connectivity index (χ1v) is 5.76. The summed E-state index contributed by atoms with van der Waals surface area (Å²) in [6.45, 7) is 9.13. The Labute approximate surface area is 97.4 Å². The van der Waals surface area contributed by atoms with Crippen LogP contribution in [0.15, 0.2) is 18.2 Å². The summed E-state index contributed by atoms with van der Waals surface area (Å²) < 4.78 is 5.26. The van der Waals surface area contributed by atoms with Gasteiger partial charge in [-0.2, -0.15) is 0 Å². The van der Waals surface area contributed by atoms with Crippen LogP contribution in [0, 0.1) is 10.8 Å². The van der Waals surface area contributed by atoms with Crippen LogP contribution in [0.3, 0.4) is 0 Å². The van der Waals surface area contributed by atoms with Crippen molar-refractivity contribution >= 4 is 12.2 Å². The number of fused-ring (bicyclic) bond motifs is 1. The first-order valence-electron chi connectivity index (χ1n) is 5.76. The van der Waals surface area contributed by atoms with Crippen LogP contribution in [0.1, 0.15) is 27.7 Å². The predicted molar refractivity (Wildman–Crippen MR) is 68.7 cm³/mol. The Morgan fingerprint density at radius 3 is 2.25 bits per heavy atom. The number of hydrogen-bond donors (Lipinski definition) is 0. The highest BCUT2D eigenvalue weighted by atomic mass is 16.5. The maximum absolute atomic E-state index is 5.26. The first-order chi connectivity index (χ1) is 7.36. The Morgan fingerprint density at radius 2 is 1.69 bits per heavy atom. The first kappa shape index (κ1) is 11.3. The van der Waals surface area contributed by atoms with Crippen molar-refractivity contribution < 1.29 is 4.74 Å². The molecule has 0 fully saturated rings. The Hall–Kier alpha value is -1.24. The van der Waals surface area contributed by atoms with E-state index in [0.717, 1.165) is 5.75 Å². The summed E-state index contributed by atoms with van der Waals surface area (Å²) in [6.07, 6.45) is 4.71. The molecule has 1 aromatic carbocycles. The van der Waals surface area contributed by atoms with Gasteiger partial charge in [0.15, 0.2) is 0 Å². The van der Waals surface area contributed by atoms with Gasteiger partial charge in [-0.05, 0) is 28.0 Å². The van der Waals surface area contributed by atoms with Crippen molar-refractivity contribution in [3.8, 4) is 5.75 Å². The number of hydrogen-bond acceptors (Lipinski definition) is 1. The second kappa shape index (κ2) is 3.38. The molecule has 0 radical (unpaired) electrons. The van der Waals surface area contributed by atoms with E-state index in [-0.39, 0.29) is 10.8 Å². The van der Waals surface area contributed by atoms with E-state index in [1.165, 1.54) is 10.4 Å². The zero-order chi connectivity index (χ0) is 12.0. The summed E-state index contributed by atoms with van der Waals surface area (Å²) >= 11 is 0. The molecule has 1 aromatic rings. The van der Waals surface area contributed by atoms with Crippen LogP contribution in [-0.2, 0) is 0 Å². The fourth-order valence-corrected chi connectivity index (χ4v) is 2.06. The lowest BCUT2D eigenvalue weighted by Crippen LogP contribution is -2.27. The van der Waals surface area contributed by atoms with E-state index >= 15 is 0 Å². The van der Waals surface area contributed by atoms with Crippen molar-refractivity contribution in [3.05, 3.63) is 28.6 Å². The molecular weight excluding hydrogens is 196 g/mol. The zero-order valence-corrected chi connectivity index (χ0v) is 10.8. The highest BCUT2D eigenvalue weighted by molar-refractivity contribution is 5.58. The largest absolute Gasteiger partial charge is 0.497 e. The maximum atomic E-state index is 5.26. The van der Waals surface area contributed by atoms with Crippen molar-refractivity contribution in [1.82, 2.24) is 0 Å². The Morgan fingerprint density at radius 1 is 1.06 bits per heavy atom. The lowest BCUT2D eigenvalue weighted by atomic mass is 9.69. The summed E-state index contributed by atoms with van der Waals surface area (Å²) in [7, 11) is 1.71. The molecule has 1 nitrogen and oxygen atoms in total. The molecule has 0 aliphatic heterocycles. The van der Waals surface area contributed by atoms with Gasteiger partial charge in [-0.1, -0.05) is 45.9 Å². The maximum Gasteiger partial charge on any atom is 0.119 e. The molecule has 0 saturated carbocycles. The van der Waals surface area contributed by atoms with Gasteiger partial charge in [-0.15, -0.1) is 0 Å². The third-order valence-corrected chi connectivity index (χ3v) is 3.82. The van der Waals surface area contributed by atoms with E-state index < -0.39 is 0 Å². The van der Waals surface area contributed by atoms with Gasteiger partial charge < -0.3 is 4.74 Å². The second-order valence-corrected chi connectivity index (χ2v) is 5.82. The quantitative estimate of drug-likeness (QED) is 0.700. The van der Waals surface area contributed by atoms with Crippen molar-refractivity contribution in [3.63, 3.8) is 0 Å². The normalized spacial score (nSPS) is 23.3. The molecule has 0 saturated heterocycles. The van der Waals surface area contributed by atoms with Gasteiger partial charge in [0.25, 0.3) is 0 Å². The van der Waals surface area contributed by atoms with Crippen LogP contribution in [-0.4, -0.2) is 7.11 Å². The summed E-state index contributed by atoms with van der Waals surface area (Å²) in [6, 6.07) is 6.28. The molecular formula is C15H20O. The van der Waals surface area contributed by atoms with E-state index in [1.807, 2.05) is 6.07 Å². The molecule has 16 heavy (non-hydrogen) atoms. The monoisotopic (exact) mass is 216 g/mol. The second-order valence-electron chi connectivity index (χ2n) is 5.82. The van der Waals surface area contributed by atoms with Gasteiger partial charge in [-0.25, -0.2) is 0 Å². The van der Waals surface area contributed by atoms with Crippen LogP contribution in [0.5, 0.6) is 5.75 Å². The van der Waals surface area contributed by atoms with Crippen molar-refractivity contribution in [2.24, 2.45) is 10.8 Å². The molecule has 2 rings (SSSR count). The standard InChI is InChI=1S/C15H20O/c1-14(2,3)15(4)9-11-6-7-13(16-5)8-12(11)10-15/h6-10H,1-5H3. The predicted octanol–water partition coefficient (Wildman–Crippen LogP) is 2.32. The Kier molecular flexibility index (Phi) is 2.37. The third kappa shape index (κ3) is 1.64. The van der Waals surface area contributed by atoms with Crippen LogP contribution < -0.4 is 15.2 Å². The van der Waals surface area contributed by atoms with E-state index in [1.54, 1.807) is 7.11 Å². The summed E-state index contributed by atoms with van der Waals surface area (Å²) in [5.74, 6) is 0.932. The molecule has 0 heterocycles. The van der Waals surface area contributed by atoms with Gasteiger partial charge in [0.05, 0.1) is 7.11 Å². The minimum Gasteiger partial charge on any atom is -0.497 e. The number of rotatable bonds is 1. The van der Waals surface area contributed by atoms with Crippen LogP contribution >= 0.6 is 0 Å². The van der Waals surface area contributed by atoms with Crippen molar-refractivity contribution in [2.75, 3.05) is 7.11 Å². The minimum absolute atomic E-state index is 0.127. The molecule has 0 aromatic heterocycles. The molecule has 0 N–H and O–H groups in total. The summed E-state index contributed by atoms with van der Waals surface area (Å²) in [5, 5.41) is 2.61. The average Bonchev–Trinajstić information content (AvgIpc) is 2.53. The van der Waals surface area contributed by atoms with E-state index in [0.29, 0.717) is 0 Å². The molecule has 1 aliphatic carbocycles. The number of ether oxygens (including phenoxy) is 1. The number of benzene rings is 1. The van der Waals surface area contributed by atoms with E-state index in [4.69, 9.17) is 4.74 Å². The fourth-order valence-electron chi connectivity index (χ4n) is 2.06. The summed E-state index contributed by atoms with van der Waals surface area (Å²) in [5.41, 5.74) is 0.362. The molecule has 86 valence electrons. The molecule has 0 amide bonds. The van der Waals surface area contributed by atoms with E-state index in [2.05, 4.69) is 52.0 Å². The molecule has 1 heteroatoms. The Bertz CT molecular complexity index is 519. The van der Waals surface area contributed by atoms with Crippen LogP contribution in [0.4, 0.5) is 0 Å². The highest BCUT2D eigenvalue weighted by Crippen LogP contribution is 2.42. The average molecular weight is 216 g/mol. The summed E-state index contributed by atoms with van der Waals surface area (Å²) in [4.78, 5) is 0. The number of methoxy groups -OCH3 is 1. The van der Waals surface area contributed by atoms with Gasteiger partial charge in [0.2, 0.25) is 0 Å². The van der Waals surface area contributed by atoms with Crippen molar-refractivity contribution in [1.29, 1.82) is 0 Å². The van der Waals surface area contributed by atoms with E-state index in [9.17, 15) is 0 Å². The van der Waals surface area contributed by atoms with Crippen LogP contribution in [0.2, 0.25) is 0 Å². The minimum atomic E-state index is 0.127. The van der Waals surface area contributed by atoms with Gasteiger partial charge >= 0.3 is 0 Å². The lowest BCUT2D eigenvalue weighted by molar-refractivity contribution is 0.266. The van der Waals surface area contributed by atoms with Gasteiger partial charge in [0, 0.05) is 5.41 Å². The van der Waals surface area contributed by atoms with Gasteiger partial charge in [-0.3, -0.25) is 0 Å². The van der Waals surface area contributed by atoms with Crippen molar-refractivity contribution in [2.45, 2.75) is 27.7 Å². The SMILES string of the molecule is COc1ccc2c(c1)=CC(C)(C(C)(C)C)C=2. The molecule has 0 bridgehead atoms. The Balaban J connectivity index is 2.60. The smallest absolute Gasteiger partial charge is 0.119 e. The molecule has 1 aliphatic rings. The topological polar surface area (TPSA) is 9.23 Å². The van der Waals surface area contributed by atoms with Crippen LogP contribution in [0.25, 0.3) is 12.2 Å². The van der Waals surface area contributed by atoms with Gasteiger partial charge in [0.1, 0.15) is 5.75 Å². The highest BCUT2D eigenvalue weighted by Gasteiger charge is 2.34. The third-order valence-electron chi connectivity index (χ3n) is 3.82. The molecule has 1 atom stereocenters. The fraction of sp³-hybridized carbons (Fsp3) is 0.467. The zero-order valence-electron chi connectivity index (χ0n) is 10.8. The molecule has 1 unspecified atom stereocenters. The lowest BCUT2D eigenvalue weighted by Gasteiger charge is -2.35.